The normalized spacial score (nSPS) is 13.0. The molecule has 6 nitrogen and oxygen atoms in total. The topological polar surface area (TPSA) is 106 Å². The molecule has 0 aliphatic rings. The maximum atomic E-state index is 12.4. The zero-order valence-electron chi connectivity index (χ0n) is 13.0. The zero-order valence-corrected chi connectivity index (χ0v) is 14.7. The lowest BCUT2D eigenvalue weighted by molar-refractivity contribution is 0.1000. The van der Waals surface area contributed by atoms with Gasteiger partial charge in [-0.2, -0.15) is 0 Å². The number of sulfonamides is 1. The van der Waals surface area contributed by atoms with Gasteiger partial charge in [0.2, 0.25) is 15.9 Å². The van der Waals surface area contributed by atoms with Crippen molar-refractivity contribution in [1.82, 2.24) is 4.31 Å². The van der Waals surface area contributed by atoms with Gasteiger partial charge in [-0.15, -0.1) is 12.4 Å². The molecule has 1 aromatic carbocycles. The molecule has 0 saturated heterocycles. The minimum absolute atomic E-state index is 0. The molecule has 0 spiro atoms. The van der Waals surface area contributed by atoms with Crippen molar-refractivity contribution in [3.63, 3.8) is 0 Å². The second-order valence-corrected chi connectivity index (χ2v) is 7.46. The van der Waals surface area contributed by atoms with E-state index in [0.29, 0.717) is 18.9 Å². The third-order valence-corrected chi connectivity index (χ3v) is 5.31. The van der Waals surface area contributed by atoms with Crippen molar-refractivity contribution in [2.45, 2.75) is 31.2 Å². The highest BCUT2D eigenvalue weighted by molar-refractivity contribution is 7.89. The van der Waals surface area contributed by atoms with Gasteiger partial charge in [-0.25, -0.2) is 12.7 Å². The fraction of sp³-hybridized carbons (Fsp3) is 0.500. The first kappa shape index (κ1) is 20.9. The molecule has 1 amide bonds. The summed E-state index contributed by atoms with van der Waals surface area (Å²) < 4.78 is 26.1. The van der Waals surface area contributed by atoms with E-state index in [2.05, 4.69) is 0 Å². The Balaban J connectivity index is 0.00000441. The standard InChI is InChI=1S/C14H23N3O3S.ClH/c1-10(2)13(15)7-8-17(3)21(19,20)12-6-4-5-11(9-12)14(16)18;/h4-6,9-10,13H,7-8,15H2,1-3H3,(H2,16,18);1H. The Hall–Kier alpha value is -1.15. The van der Waals surface area contributed by atoms with E-state index in [-0.39, 0.29) is 28.9 Å². The maximum absolute atomic E-state index is 12.4. The first-order valence-electron chi connectivity index (χ1n) is 6.78. The summed E-state index contributed by atoms with van der Waals surface area (Å²) in [5.41, 5.74) is 11.3. The molecule has 22 heavy (non-hydrogen) atoms. The molecule has 0 bridgehead atoms. The van der Waals surface area contributed by atoms with Crippen LogP contribution in [0.15, 0.2) is 29.2 Å². The predicted molar refractivity (Wildman–Crippen MR) is 89.5 cm³/mol. The average Bonchev–Trinajstić information content (AvgIpc) is 2.44. The van der Waals surface area contributed by atoms with Crippen LogP contribution in [0.4, 0.5) is 0 Å². The van der Waals surface area contributed by atoms with Crippen LogP contribution in [0.2, 0.25) is 0 Å². The number of benzene rings is 1. The van der Waals surface area contributed by atoms with Gasteiger partial charge in [0.15, 0.2) is 0 Å². The molecule has 1 rings (SSSR count). The Morgan fingerprint density at radius 1 is 1.32 bits per heavy atom. The van der Waals surface area contributed by atoms with Crippen molar-refractivity contribution in [3.8, 4) is 0 Å². The molecule has 8 heteroatoms. The second kappa shape index (κ2) is 8.47. The van der Waals surface area contributed by atoms with Gasteiger partial charge in [-0.3, -0.25) is 4.79 Å². The van der Waals surface area contributed by atoms with E-state index < -0.39 is 15.9 Å². The van der Waals surface area contributed by atoms with Crippen LogP contribution in [-0.4, -0.2) is 38.3 Å². The molecule has 0 heterocycles. The average molecular weight is 350 g/mol. The van der Waals surface area contributed by atoms with E-state index >= 15 is 0 Å². The summed E-state index contributed by atoms with van der Waals surface area (Å²) in [5, 5.41) is 0. The van der Waals surface area contributed by atoms with Crippen molar-refractivity contribution < 1.29 is 13.2 Å². The Bertz CT molecular complexity index is 605. The van der Waals surface area contributed by atoms with Gasteiger partial charge in [0, 0.05) is 25.2 Å². The van der Waals surface area contributed by atoms with Gasteiger partial charge < -0.3 is 11.5 Å². The molecule has 1 unspecified atom stereocenters. The number of halogens is 1. The lowest BCUT2D eigenvalue weighted by atomic mass is 10.0. The Labute approximate surface area is 138 Å². The molecule has 0 saturated carbocycles. The molecule has 0 fully saturated rings. The fourth-order valence-corrected chi connectivity index (χ4v) is 3.01. The highest BCUT2D eigenvalue weighted by atomic mass is 35.5. The predicted octanol–water partition coefficient (Wildman–Crippen LogP) is 1.20. The van der Waals surface area contributed by atoms with E-state index in [9.17, 15) is 13.2 Å². The van der Waals surface area contributed by atoms with Crippen LogP contribution < -0.4 is 11.5 Å². The summed E-state index contributed by atoms with van der Waals surface area (Å²) in [6.45, 7) is 4.31. The first-order chi connectivity index (χ1) is 9.66. The van der Waals surface area contributed by atoms with Gasteiger partial charge in [0.25, 0.3) is 0 Å². The molecule has 1 aromatic rings. The monoisotopic (exact) mass is 349 g/mol. The number of amides is 1. The zero-order chi connectivity index (χ0) is 16.2. The van der Waals surface area contributed by atoms with Crippen molar-refractivity contribution in [2.24, 2.45) is 17.4 Å². The third kappa shape index (κ3) is 5.24. The molecule has 126 valence electrons. The molecular formula is C14H24ClN3O3S. The lowest BCUT2D eigenvalue weighted by Gasteiger charge is -2.21. The van der Waals surface area contributed by atoms with E-state index in [1.807, 2.05) is 13.8 Å². The largest absolute Gasteiger partial charge is 0.366 e. The van der Waals surface area contributed by atoms with Crippen molar-refractivity contribution in [1.29, 1.82) is 0 Å². The van der Waals surface area contributed by atoms with Gasteiger partial charge in [0.05, 0.1) is 4.90 Å². The van der Waals surface area contributed by atoms with Gasteiger partial charge in [-0.1, -0.05) is 19.9 Å². The number of primary amides is 1. The van der Waals surface area contributed by atoms with E-state index in [4.69, 9.17) is 11.5 Å². The number of nitrogens with zero attached hydrogens (tertiary/aromatic N) is 1. The molecule has 0 radical (unpaired) electrons. The minimum Gasteiger partial charge on any atom is -0.366 e. The van der Waals surface area contributed by atoms with Crippen LogP contribution in [0.3, 0.4) is 0 Å². The van der Waals surface area contributed by atoms with Crippen LogP contribution in [0.1, 0.15) is 30.6 Å². The van der Waals surface area contributed by atoms with Crippen molar-refractivity contribution in [3.05, 3.63) is 29.8 Å². The summed E-state index contributed by atoms with van der Waals surface area (Å²) in [6, 6.07) is 5.66. The SMILES string of the molecule is CC(C)C(N)CCN(C)S(=O)(=O)c1cccc(C(N)=O)c1.Cl. The summed E-state index contributed by atoms with van der Waals surface area (Å²) in [4.78, 5) is 11.2. The molecule has 0 aliphatic heterocycles. The quantitative estimate of drug-likeness (QED) is 0.771. The fourth-order valence-electron chi connectivity index (χ4n) is 1.77. The van der Waals surface area contributed by atoms with Crippen molar-refractivity contribution in [2.75, 3.05) is 13.6 Å². The molecule has 0 aliphatic carbocycles. The van der Waals surface area contributed by atoms with Crippen LogP contribution in [-0.2, 0) is 10.0 Å². The molecule has 0 aromatic heterocycles. The highest BCUT2D eigenvalue weighted by Crippen LogP contribution is 2.17. The number of hydrogen-bond acceptors (Lipinski definition) is 4. The molecule has 4 N–H and O–H groups in total. The lowest BCUT2D eigenvalue weighted by Crippen LogP contribution is -2.34. The molecular weight excluding hydrogens is 326 g/mol. The van der Waals surface area contributed by atoms with E-state index in [0.717, 1.165) is 0 Å². The summed E-state index contributed by atoms with van der Waals surface area (Å²) >= 11 is 0. The third-order valence-electron chi connectivity index (χ3n) is 3.46. The summed E-state index contributed by atoms with van der Waals surface area (Å²) in [5.74, 6) is -0.365. The number of hydrogen-bond donors (Lipinski definition) is 2. The Morgan fingerprint density at radius 3 is 2.41 bits per heavy atom. The second-order valence-electron chi connectivity index (χ2n) is 5.42. The van der Waals surface area contributed by atoms with Gasteiger partial charge in [0.1, 0.15) is 0 Å². The number of carbonyl (C=O) groups is 1. The van der Waals surface area contributed by atoms with Crippen LogP contribution >= 0.6 is 12.4 Å². The van der Waals surface area contributed by atoms with Gasteiger partial charge in [-0.05, 0) is 30.5 Å². The maximum Gasteiger partial charge on any atom is 0.248 e. The number of rotatable bonds is 7. The van der Waals surface area contributed by atoms with Gasteiger partial charge >= 0.3 is 0 Å². The smallest absolute Gasteiger partial charge is 0.248 e. The van der Waals surface area contributed by atoms with Crippen LogP contribution in [0.5, 0.6) is 0 Å². The number of nitrogens with two attached hydrogens (primary N) is 2. The van der Waals surface area contributed by atoms with Crippen LogP contribution in [0, 0.1) is 5.92 Å². The van der Waals surface area contributed by atoms with Crippen LogP contribution in [0.25, 0.3) is 0 Å². The van der Waals surface area contributed by atoms with E-state index in [1.54, 1.807) is 0 Å². The Kier molecular flexibility index (Phi) is 8.03. The highest BCUT2D eigenvalue weighted by Gasteiger charge is 2.22. The van der Waals surface area contributed by atoms with Crippen molar-refractivity contribution >= 4 is 28.3 Å². The first-order valence-corrected chi connectivity index (χ1v) is 8.22. The summed E-state index contributed by atoms with van der Waals surface area (Å²) in [6.07, 6.45) is 0.572. The Morgan fingerprint density at radius 2 is 1.91 bits per heavy atom. The number of carbonyl (C=O) groups excluding carboxylic acids is 1. The molecule has 1 atom stereocenters. The van der Waals surface area contributed by atoms with E-state index in [1.165, 1.54) is 35.6 Å². The summed E-state index contributed by atoms with van der Waals surface area (Å²) in [7, 11) is -2.15. The minimum atomic E-state index is -3.65.